The van der Waals surface area contributed by atoms with E-state index in [4.69, 9.17) is 10.5 Å². The summed E-state index contributed by atoms with van der Waals surface area (Å²) in [4.78, 5) is 39.0. The number of carboxylic acid groups (broad SMARTS) is 1. The zero-order chi connectivity index (χ0) is 25.8. The van der Waals surface area contributed by atoms with Crippen LogP contribution in [0.2, 0.25) is 0 Å². The minimum atomic E-state index is -1.03. The first-order valence-corrected chi connectivity index (χ1v) is 12.8. The lowest BCUT2D eigenvalue weighted by Crippen LogP contribution is -2.30. The first-order valence-electron chi connectivity index (χ1n) is 12.8. The first kappa shape index (κ1) is 28.9. The van der Waals surface area contributed by atoms with Crippen molar-refractivity contribution in [3.05, 3.63) is 22.2 Å². The molecular formula is C25H41N3O7. The van der Waals surface area contributed by atoms with Crippen molar-refractivity contribution in [3.8, 4) is 0 Å². The van der Waals surface area contributed by atoms with E-state index in [-0.39, 0.29) is 30.2 Å². The van der Waals surface area contributed by atoms with Gasteiger partial charge < -0.3 is 30.6 Å². The lowest BCUT2D eigenvalue weighted by atomic mass is 9.94. The molecule has 1 aromatic rings. The summed E-state index contributed by atoms with van der Waals surface area (Å²) >= 11 is 0. The molecule has 1 fully saturated rings. The maximum atomic E-state index is 12.3. The zero-order valence-electron chi connectivity index (χ0n) is 20.7. The Morgan fingerprint density at radius 3 is 2.20 bits per heavy atom. The smallest absolute Gasteiger partial charge is 0.351 e. The molecule has 10 nitrogen and oxygen atoms in total. The SMILES string of the molecule is CC(=O)CCCCCCCCCCCCC(C(=O)O)c1cn([C@H]2C[C@H](O)[C@@H](CO)O2)c(=O)nc1N. The molecule has 5 N–H and O–H groups in total. The predicted molar refractivity (Wildman–Crippen MR) is 131 cm³/mol. The van der Waals surface area contributed by atoms with Crippen molar-refractivity contribution in [2.24, 2.45) is 0 Å². The molecule has 0 aliphatic carbocycles. The zero-order valence-corrected chi connectivity index (χ0v) is 20.7. The Morgan fingerprint density at radius 2 is 1.69 bits per heavy atom. The molecule has 4 atom stereocenters. The number of nitrogens with zero attached hydrogens (tertiary/aromatic N) is 2. The highest BCUT2D eigenvalue weighted by molar-refractivity contribution is 5.77. The fraction of sp³-hybridized carbons (Fsp3) is 0.760. The van der Waals surface area contributed by atoms with Gasteiger partial charge in [0.25, 0.3) is 0 Å². The summed E-state index contributed by atoms with van der Waals surface area (Å²) in [6.07, 6.45) is 10.5. The maximum Gasteiger partial charge on any atom is 0.351 e. The third-order valence-corrected chi connectivity index (χ3v) is 6.65. The molecule has 10 heteroatoms. The van der Waals surface area contributed by atoms with Crippen LogP contribution < -0.4 is 11.4 Å². The van der Waals surface area contributed by atoms with Gasteiger partial charge in [-0.05, 0) is 19.8 Å². The minimum Gasteiger partial charge on any atom is -0.481 e. The molecule has 2 rings (SSSR count). The minimum absolute atomic E-state index is 0.0896. The second-order valence-corrected chi connectivity index (χ2v) is 9.55. The van der Waals surface area contributed by atoms with Crippen molar-refractivity contribution >= 4 is 17.6 Å². The lowest BCUT2D eigenvalue weighted by molar-refractivity contribution is -0.139. The summed E-state index contributed by atoms with van der Waals surface area (Å²) in [7, 11) is 0. The standard InChI is InChI=1S/C25H41N3O7/c1-17(30)12-10-8-6-4-2-3-5-7-9-11-13-18(24(32)33)19-15-28(25(34)27-23(19)26)22-14-20(31)21(16-29)35-22/h15,18,20-22,29,31H,2-14,16H2,1H3,(H,32,33)(H2,26,27,34)/t18?,20-,21+,22+/m0/s1. The molecular weight excluding hydrogens is 454 g/mol. The third kappa shape index (κ3) is 9.35. The van der Waals surface area contributed by atoms with Crippen molar-refractivity contribution in [1.29, 1.82) is 0 Å². The van der Waals surface area contributed by atoms with E-state index in [0.717, 1.165) is 49.5 Å². The van der Waals surface area contributed by atoms with Crippen molar-refractivity contribution in [1.82, 2.24) is 9.55 Å². The summed E-state index contributed by atoms with van der Waals surface area (Å²) in [6.45, 7) is 1.24. The molecule has 1 aromatic heterocycles. The number of ketones is 1. The monoisotopic (exact) mass is 495 g/mol. The van der Waals surface area contributed by atoms with E-state index in [1.165, 1.54) is 19.0 Å². The number of aromatic nitrogens is 2. The van der Waals surface area contributed by atoms with Gasteiger partial charge in [0.15, 0.2) is 0 Å². The van der Waals surface area contributed by atoms with E-state index in [2.05, 4.69) is 4.98 Å². The fourth-order valence-corrected chi connectivity index (χ4v) is 4.57. The molecule has 0 spiro atoms. The van der Waals surface area contributed by atoms with Gasteiger partial charge in [0.05, 0.1) is 18.6 Å². The van der Waals surface area contributed by atoms with Gasteiger partial charge in [-0.15, -0.1) is 0 Å². The topological polar surface area (TPSA) is 165 Å². The number of hydrogen-bond donors (Lipinski definition) is 4. The molecule has 1 aliphatic heterocycles. The van der Waals surface area contributed by atoms with Gasteiger partial charge in [-0.25, -0.2) is 4.79 Å². The van der Waals surface area contributed by atoms with E-state index >= 15 is 0 Å². The Morgan fingerprint density at radius 1 is 1.11 bits per heavy atom. The molecule has 1 aliphatic rings. The summed E-state index contributed by atoms with van der Waals surface area (Å²) in [5, 5.41) is 29.0. The Hall–Kier alpha value is -2.30. The van der Waals surface area contributed by atoms with E-state index in [9.17, 15) is 29.7 Å². The van der Waals surface area contributed by atoms with Gasteiger partial charge in [0.1, 0.15) is 23.9 Å². The first-order chi connectivity index (χ1) is 16.7. The normalized spacial score (nSPS) is 20.7. The predicted octanol–water partition coefficient (Wildman–Crippen LogP) is 2.90. The summed E-state index contributed by atoms with van der Waals surface area (Å²) in [5.41, 5.74) is 5.48. The molecule has 1 unspecified atom stereocenters. The fourth-order valence-electron chi connectivity index (χ4n) is 4.57. The number of carbonyl (C=O) groups is 2. The second-order valence-electron chi connectivity index (χ2n) is 9.55. The quantitative estimate of drug-likeness (QED) is 0.238. The number of Topliss-reactive ketones (excluding diaryl/α,β-unsaturated/α-hetero) is 1. The van der Waals surface area contributed by atoms with E-state index in [1.54, 1.807) is 6.92 Å². The number of rotatable bonds is 17. The highest BCUT2D eigenvalue weighted by Crippen LogP contribution is 2.31. The number of aliphatic hydroxyl groups excluding tert-OH is 2. The summed E-state index contributed by atoms with van der Waals surface area (Å²) in [5.74, 6) is -1.79. The Balaban J connectivity index is 1.79. The van der Waals surface area contributed by atoms with Gasteiger partial charge in [-0.2, -0.15) is 4.98 Å². The molecule has 0 aromatic carbocycles. The number of hydrogen-bond acceptors (Lipinski definition) is 8. The average molecular weight is 496 g/mol. The van der Waals surface area contributed by atoms with Gasteiger partial charge >= 0.3 is 11.7 Å². The van der Waals surface area contributed by atoms with Crippen LogP contribution in [0, 0.1) is 0 Å². The molecule has 2 heterocycles. The Kier molecular flexibility index (Phi) is 12.4. The van der Waals surface area contributed by atoms with Crippen LogP contribution in [0.15, 0.2) is 11.0 Å². The summed E-state index contributed by atoms with van der Waals surface area (Å²) in [6, 6.07) is 0. The van der Waals surface area contributed by atoms with Gasteiger partial charge in [0.2, 0.25) is 0 Å². The molecule has 0 saturated carbocycles. The van der Waals surface area contributed by atoms with Gasteiger partial charge in [-0.3, -0.25) is 9.36 Å². The van der Waals surface area contributed by atoms with Crippen LogP contribution in [0.3, 0.4) is 0 Å². The number of carboxylic acids is 1. The number of unbranched alkanes of at least 4 members (excludes halogenated alkanes) is 9. The highest BCUT2D eigenvalue weighted by Gasteiger charge is 2.36. The van der Waals surface area contributed by atoms with Gasteiger partial charge in [0, 0.05) is 24.6 Å². The molecule has 198 valence electrons. The number of carbonyl (C=O) groups excluding carboxylic acids is 1. The molecule has 0 radical (unpaired) electrons. The Bertz CT molecular complexity index is 873. The molecule has 0 amide bonds. The molecule has 0 bridgehead atoms. The largest absolute Gasteiger partial charge is 0.481 e. The van der Waals surface area contributed by atoms with E-state index < -0.39 is 36.0 Å². The van der Waals surface area contributed by atoms with Crippen LogP contribution in [-0.4, -0.2) is 55.4 Å². The lowest BCUT2D eigenvalue weighted by Gasteiger charge is -2.19. The number of anilines is 1. The van der Waals surface area contributed by atoms with Crippen molar-refractivity contribution in [2.45, 2.75) is 115 Å². The number of aliphatic carboxylic acids is 1. The highest BCUT2D eigenvalue weighted by atomic mass is 16.5. The molecule has 35 heavy (non-hydrogen) atoms. The number of ether oxygens (including phenoxy) is 1. The van der Waals surface area contributed by atoms with Crippen LogP contribution in [0.25, 0.3) is 0 Å². The van der Waals surface area contributed by atoms with Crippen LogP contribution in [-0.2, 0) is 14.3 Å². The number of aliphatic hydroxyl groups is 2. The van der Waals surface area contributed by atoms with Crippen molar-refractivity contribution < 1.29 is 29.6 Å². The maximum absolute atomic E-state index is 12.3. The average Bonchev–Trinajstić information content (AvgIpc) is 3.17. The van der Waals surface area contributed by atoms with Crippen LogP contribution >= 0.6 is 0 Å². The third-order valence-electron chi connectivity index (χ3n) is 6.65. The number of nitrogens with two attached hydrogens (primary N) is 1. The van der Waals surface area contributed by atoms with Crippen LogP contribution in [0.1, 0.15) is 108 Å². The number of nitrogen functional groups attached to an aromatic ring is 1. The van der Waals surface area contributed by atoms with E-state index in [1.807, 2.05) is 0 Å². The Labute approximate surface area is 206 Å². The van der Waals surface area contributed by atoms with Crippen molar-refractivity contribution in [2.75, 3.05) is 12.3 Å². The second kappa shape index (κ2) is 15.0. The van der Waals surface area contributed by atoms with E-state index in [0.29, 0.717) is 19.3 Å². The van der Waals surface area contributed by atoms with Crippen molar-refractivity contribution in [3.63, 3.8) is 0 Å². The summed E-state index contributed by atoms with van der Waals surface area (Å²) < 4.78 is 6.68. The van der Waals surface area contributed by atoms with Crippen LogP contribution in [0.5, 0.6) is 0 Å². The molecule has 1 saturated heterocycles. The van der Waals surface area contributed by atoms with Crippen LogP contribution in [0.4, 0.5) is 5.82 Å². The van der Waals surface area contributed by atoms with Gasteiger partial charge in [-0.1, -0.05) is 57.8 Å².